The van der Waals surface area contributed by atoms with Crippen molar-refractivity contribution in [3.8, 4) is 28.7 Å². The van der Waals surface area contributed by atoms with Gasteiger partial charge in [-0.05, 0) is 59.7 Å². The van der Waals surface area contributed by atoms with Crippen molar-refractivity contribution in [3.05, 3.63) is 89.5 Å². The molecule has 0 aromatic heterocycles. The average molecular weight is 432 g/mol. The summed E-state index contributed by atoms with van der Waals surface area (Å²) in [6.07, 6.45) is 4.86. The monoisotopic (exact) mass is 432 g/mol. The molecule has 6 nitrogen and oxygen atoms in total. The molecule has 0 saturated heterocycles. The number of carbonyl (C=O) groups excluding carboxylic acids is 1. The Morgan fingerprint density at radius 3 is 2.22 bits per heavy atom. The summed E-state index contributed by atoms with van der Waals surface area (Å²) in [5.74, 6) is 1.03. The third-order valence-corrected chi connectivity index (χ3v) is 4.83. The van der Waals surface area contributed by atoms with Gasteiger partial charge < -0.3 is 24.4 Å². The van der Waals surface area contributed by atoms with Crippen molar-refractivity contribution >= 4 is 17.4 Å². The Labute approximate surface area is 186 Å². The smallest absolute Gasteiger partial charge is 0.189 e. The van der Waals surface area contributed by atoms with Gasteiger partial charge in [0.25, 0.3) is 0 Å². The number of ketones is 1. The molecule has 0 saturated carbocycles. The quantitative estimate of drug-likeness (QED) is 0.169. The van der Waals surface area contributed by atoms with Gasteiger partial charge in [0.05, 0.1) is 26.9 Å². The molecule has 0 aliphatic heterocycles. The van der Waals surface area contributed by atoms with Gasteiger partial charge in [-0.2, -0.15) is 0 Å². The van der Waals surface area contributed by atoms with E-state index in [1.807, 2.05) is 36.4 Å². The minimum atomic E-state index is -0.454. The lowest BCUT2D eigenvalue weighted by Crippen LogP contribution is -1.96. The van der Waals surface area contributed by atoms with Crippen LogP contribution in [0, 0.1) is 0 Å². The van der Waals surface area contributed by atoms with E-state index in [1.54, 1.807) is 39.5 Å². The molecular weight excluding hydrogens is 408 g/mol. The number of para-hydroxylation sites is 1. The Hall–Kier alpha value is -4.19. The van der Waals surface area contributed by atoms with E-state index < -0.39 is 5.78 Å². The lowest BCUT2D eigenvalue weighted by molar-refractivity contribution is 0.104. The van der Waals surface area contributed by atoms with E-state index in [1.165, 1.54) is 24.3 Å². The Morgan fingerprint density at radius 1 is 0.781 bits per heavy atom. The second-order valence-corrected chi connectivity index (χ2v) is 6.81. The summed E-state index contributed by atoms with van der Waals surface area (Å²) >= 11 is 0. The number of rotatable bonds is 8. The van der Waals surface area contributed by atoms with Crippen molar-refractivity contribution in [3.63, 3.8) is 0 Å². The largest absolute Gasteiger partial charge is 0.508 e. The molecule has 0 aliphatic rings. The fourth-order valence-corrected chi connectivity index (χ4v) is 3.17. The molecule has 2 N–H and O–H groups in total. The molecule has 3 aromatic rings. The van der Waals surface area contributed by atoms with Crippen molar-refractivity contribution in [2.24, 2.45) is 0 Å². The van der Waals surface area contributed by atoms with Crippen molar-refractivity contribution in [1.29, 1.82) is 0 Å². The lowest BCUT2D eigenvalue weighted by Gasteiger charge is -2.11. The van der Waals surface area contributed by atoms with Gasteiger partial charge in [0.15, 0.2) is 17.3 Å². The Morgan fingerprint density at radius 2 is 1.50 bits per heavy atom. The first kappa shape index (κ1) is 22.5. The van der Waals surface area contributed by atoms with E-state index in [0.717, 1.165) is 11.1 Å². The van der Waals surface area contributed by atoms with E-state index in [-0.39, 0.29) is 17.1 Å². The van der Waals surface area contributed by atoms with Crippen LogP contribution in [0.25, 0.3) is 11.6 Å². The van der Waals surface area contributed by atoms with Crippen LogP contribution in [0.15, 0.2) is 72.8 Å². The highest BCUT2D eigenvalue weighted by atomic mass is 16.5. The maximum atomic E-state index is 12.7. The zero-order chi connectivity index (χ0) is 23.1. The standard InChI is InChI=1S/C26H24O6/c1-30-24-7-5-4-6-19(24)14-17(18-9-13-25(31-2)26(15-18)32-3)8-11-22(28)21-16-20(27)10-12-23(21)29/h4-16,27,29H,1-3H3/b11-8+,17-14+. The van der Waals surface area contributed by atoms with Crippen LogP contribution in [-0.2, 0) is 0 Å². The lowest BCUT2D eigenvalue weighted by atomic mass is 9.99. The average Bonchev–Trinajstić information content (AvgIpc) is 2.82. The summed E-state index contributed by atoms with van der Waals surface area (Å²) in [6.45, 7) is 0. The first-order valence-electron chi connectivity index (χ1n) is 9.78. The van der Waals surface area contributed by atoms with Crippen molar-refractivity contribution in [2.45, 2.75) is 0 Å². The Balaban J connectivity index is 2.08. The Bertz CT molecular complexity index is 1180. The number of carbonyl (C=O) groups is 1. The number of allylic oxidation sites excluding steroid dienone is 3. The molecule has 0 fully saturated rings. The summed E-state index contributed by atoms with van der Waals surface area (Å²) < 4.78 is 16.2. The molecule has 0 unspecified atom stereocenters. The van der Waals surface area contributed by atoms with Gasteiger partial charge in [0.2, 0.25) is 0 Å². The molecule has 0 radical (unpaired) electrons. The van der Waals surface area contributed by atoms with Gasteiger partial charge in [-0.3, -0.25) is 4.79 Å². The van der Waals surface area contributed by atoms with Crippen LogP contribution in [0.2, 0.25) is 0 Å². The SMILES string of the molecule is COc1ccccc1/C=C(\C=C\C(=O)c1cc(O)ccc1O)c1ccc(OC)c(OC)c1. The van der Waals surface area contributed by atoms with Crippen molar-refractivity contribution in [1.82, 2.24) is 0 Å². The molecule has 6 heteroatoms. The zero-order valence-electron chi connectivity index (χ0n) is 18.0. The molecule has 164 valence electrons. The predicted octanol–water partition coefficient (Wildman–Crippen LogP) is 5.10. The van der Waals surface area contributed by atoms with Gasteiger partial charge >= 0.3 is 0 Å². The fraction of sp³-hybridized carbons (Fsp3) is 0.115. The van der Waals surface area contributed by atoms with E-state index in [9.17, 15) is 15.0 Å². The Kier molecular flexibility index (Phi) is 7.18. The number of phenolic OH excluding ortho intramolecular Hbond substituents is 2. The second-order valence-electron chi connectivity index (χ2n) is 6.81. The molecule has 0 amide bonds. The van der Waals surface area contributed by atoms with Crippen LogP contribution in [0.1, 0.15) is 21.5 Å². The van der Waals surface area contributed by atoms with E-state index in [2.05, 4.69) is 0 Å². The summed E-state index contributed by atoms with van der Waals surface area (Å²) in [5, 5.41) is 19.7. The molecule has 0 spiro atoms. The minimum absolute atomic E-state index is 0.00482. The summed E-state index contributed by atoms with van der Waals surface area (Å²) in [7, 11) is 4.70. The molecule has 3 rings (SSSR count). The van der Waals surface area contributed by atoms with Crippen LogP contribution in [0.4, 0.5) is 0 Å². The number of hydrogen-bond donors (Lipinski definition) is 2. The number of methoxy groups -OCH3 is 3. The molecule has 0 bridgehead atoms. The third-order valence-electron chi connectivity index (χ3n) is 4.83. The second kappa shape index (κ2) is 10.2. The number of phenols is 2. The summed E-state index contributed by atoms with van der Waals surface area (Å²) in [5.41, 5.74) is 2.29. The van der Waals surface area contributed by atoms with Gasteiger partial charge in [-0.15, -0.1) is 0 Å². The maximum Gasteiger partial charge on any atom is 0.189 e. The number of ether oxygens (including phenoxy) is 3. The highest BCUT2D eigenvalue weighted by Gasteiger charge is 2.12. The minimum Gasteiger partial charge on any atom is -0.508 e. The van der Waals surface area contributed by atoms with Gasteiger partial charge in [-0.1, -0.05) is 30.3 Å². The topological polar surface area (TPSA) is 85.2 Å². The van der Waals surface area contributed by atoms with Crippen LogP contribution < -0.4 is 14.2 Å². The predicted molar refractivity (Wildman–Crippen MR) is 124 cm³/mol. The molecular formula is C26H24O6. The van der Waals surface area contributed by atoms with E-state index in [4.69, 9.17) is 14.2 Å². The third kappa shape index (κ3) is 5.10. The molecule has 0 aliphatic carbocycles. The van der Waals surface area contributed by atoms with E-state index in [0.29, 0.717) is 22.8 Å². The van der Waals surface area contributed by atoms with Crippen molar-refractivity contribution in [2.75, 3.05) is 21.3 Å². The number of benzene rings is 3. The highest BCUT2D eigenvalue weighted by Crippen LogP contribution is 2.33. The van der Waals surface area contributed by atoms with Crippen LogP contribution in [0.3, 0.4) is 0 Å². The summed E-state index contributed by atoms with van der Waals surface area (Å²) in [4.78, 5) is 12.7. The molecule has 32 heavy (non-hydrogen) atoms. The van der Waals surface area contributed by atoms with Crippen LogP contribution in [0.5, 0.6) is 28.7 Å². The van der Waals surface area contributed by atoms with Crippen molar-refractivity contribution < 1.29 is 29.2 Å². The molecule has 0 heterocycles. The first-order valence-corrected chi connectivity index (χ1v) is 9.78. The van der Waals surface area contributed by atoms with E-state index >= 15 is 0 Å². The summed E-state index contributed by atoms with van der Waals surface area (Å²) in [6, 6.07) is 16.8. The van der Waals surface area contributed by atoms with Crippen LogP contribution in [-0.4, -0.2) is 37.3 Å². The highest BCUT2D eigenvalue weighted by molar-refractivity contribution is 6.08. The number of hydrogen-bond acceptors (Lipinski definition) is 6. The van der Waals surface area contributed by atoms with Gasteiger partial charge in [-0.25, -0.2) is 0 Å². The molecule has 3 aromatic carbocycles. The normalized spacial score (nSPS) is 11.4. The van der Waals surface area contributed by atoms with Gasteiger partial charge in [0, 0.05) is 5.56 Å². The first-order chi connectivity index (χ1) is 15.5. The van der Waals surface area contributed by atoms with Crippen LogP contribution >= 0.6 is 0 Å². The maximum absolute atomic E-state index is 12.7. The fourth-order valence-electron chi connectivity index (χ4n) is 3.17. The zero-order valence-corrected chi connectivity index (χ0v) is 18.0. The number of aromatic hydroxyl groups is 2. The molecule has 0 atom stereocenters. The van der Waals surface area contributed by atoms with Gasteiger partial charge in [0.1, 0.15) is 17.2 Å².